The van der Waals surface area contributed by atoms with Crippen LogP contribution in [0.3, 0.4) is 0 Å². The average molecular weight is 373 g/mol. The zero-order chi connectivity index (χ0) is 17.2. The molecular weight excluding hydrogens is 359 g/mol. The normalized spacial score (nSPS) is 11.3. The predicted molar refractivity (Wildman–Crippen MR) is 91.4 cm³/mol. The summed E-state index contributed by atoms with van der Waals surface area (Å²) in [5.74, 6) is -0.782. The molecule has 1 amide bonds. The molecule has 0 spiro atoms. The molecule has 5 nitrogen and oxygen atoms in total. The molecule has 0 radical (unpaired) electrons. The second-order valence-corrected chi connectivity index (χ2v) is 7.51. The second-order valence-electron chi connectivity index (χ2n) is 4.84. The molecule has 0 bridgehead atoms. The highest BCUT2D eigenvalue weighted by atomic mass is 35.5. The van der Waals surface area contributed by atoms with Gasteiger partial charge in [-0.2, -0.15) is 0 Å². The molecule has 0 heterocycles. The van der Waals surface area contributed by atoms with Crippen molar-refractivity contribution in [3.63, 3.8) is 0 Å². The van der Waals surface area contributed by atoms with Gasteiger partial charge in [0.1, 0.15) is 11.4 Å². The molecule has 0 aliphatic heterocycles. The molecule has 0 saturated heterocycles. The molecule has 0 saturated carbocycles. The maximum absolute atomic E-state index is 13.0. The Morgan fingerprint density at radius 1 is 1.17 bits per heavy atom. The van der Waals surface area contributed by atoms with Crippen molar-refractivity contribution >= 4 is 44.8 Å². The molecule has 0 atom stereocenters. The van der Waals surface area contributed by atoms with Crippen molar-refractivity contribution in [1.82, 2.24) is 0 Å². The first-order valence-electron chi connectivity index (χ1n) is 6.55. The molecule has 2 rings (SSSR count). The summed E-state index contributed by atoms with van der Waals surface area (Å²) in [6, 6.07) is 10.9. The third-order valence-corrected chi connectivity index (χ3v) is 5.62. The number of hydrogen-bond acceptors (Lipinski definition) is 3. The number of carbonyl (C=O) groups is 1. The molecule has 2 N–H and O–H groups in total. The van der Waals surface area contributed by atoms with Gasteiger partial charge < -0.3 is 5.73 Å². The van der Waals surface area contributed by atoms with Gasteiger partial charge in [-0.3, -0.25) is 9.10 Å². The molecule has 8 heteroatoms. The number of amides is 1. The van der Waals surface area contributed by atoms with Crippen molar-refractivity contribution in [1.29, 1.82) is 0 Å². The van der Waals surface area contributed by atoms with Gasteiger partial charge in [-0.25, -0.2) is 8.42 Å². The Hall–Kier alpha value is -1.76. The molecule has 122 valence electrons. The fraction of sp³-hybridized carbons (Fsp3) is 0.133. The molecule has 2 aromatic carbocycles. The largest absolute Gasteiger partial charge is 0.368 e. The van der Waals surface area contributed by atoms with E-state index in [1.807, 2.05) is 0 Å². The van der Waals surface area contributed by atoms with Gasteiger partial charge in [0, 0.05) is 5.02 Å². The standard InChI is InChI=1S/C15H14Cl2N2O3S/c1-10-4-2-3-5-13(10)19(9-15(18)20)23(21,22)14-8-11(16)6-7-12(14)17/h2-8H,9H2,1H3,(H2,18,20). The highest BCUT2D eigenvalue weighted by Gasteiger charge is 2.29. The molecule has 0 unspecified atom stereocenters. The first-order valence-corrected chi connectivity index (χ1v) is 8.75. The number of nitrogens with zero attached hydrogens (tertiary/aromatic N) is 1. The number of rotatable bonds is 5. The van der Waals surface area contributed by atoms with Crippen molar-refractivity contribution in [2.75, 3.05) is 10.8 Å². The van der Waals surface area contributed by atoms with Crippen LogP contribution in [0.1, 0.15) is 5.56 Å². The predicted octanol–water partition coefficient (Wildman–Crippen LogP) is 2.98. The maximum atomic E-state index is 13.0. The topological polar surface area (TPSA) is 80.5 Å². The molecule has 23 heavy (non-hydrogen) atoms. The van der Waals surface area contributed by atoms with Crippen LogP contribution in [0.4, 0.5) is 5.69 Å². The highest BCUT2D eigenvalue weighted by Crippen LogP contribution is 2.31. The Kier molecular flexibility index (Phi) is 5.19. The number of aryl methyl sites for hydroxylation is 1. The number of benzene rings is 2. The van der Waals surface area contributed by atoms with Crippen LogP contribution in [0.25, 0.3) is 0 Å². The second kappa shape index (κ2) is 6.78. The Morgan fingerprint density at radius 3 is 2.43 bits per heavy atom. The van der Waals surface area contributed by atoms with Crippen molar-refractivity contribution in [2.45, 2.75) is 11.8 Å². The minimum Gasteiger partial charge on any atom is -0.368 e. The van der Waals surface area contributed by atoms with E-state index in [0.29, 0.717) is 11.3 Å². The summed E-state index contributed by atoms with van der Waals surface area (Å²) in [5.41, 5.74) is 6.25. The third-order valence-electron chi connectivity index (χ3n) is 3.14. The van der Waals surface area contributed by atoms with E-state index in [2.05, 4.69) is 0 Å². The van der Waals surface area contributed by atoms with Crippen molar-refractivity contribution in [2.24, 2.45) is 5.73 Å². The molecule has 0 aromatic heterocycles. The maximum Gasteiger partial charge on any atom is 0.266 e. The Bertz CT molecular complexity index is 854. The van der Waals surface area contributed by atoms with Gasteiger partial charge in [0.25, 0.3) is 10.0 Å². The molecular formula is C15H14Cl2N2O3S. The lowest BCUT2D eigenvalue weighted by Crippen LogP contribution is -2.39. The van der Waals surface area contributed by atoms with Gasteiger partial charge in [-0.05, 0) is 36.8 Å². The van der Waals surface area contributed by atoms with E-state index in [1.165, 1.54) is 18.2 Å². The molecule has 2 aromatic rings. The zero-order valence-electron chi connectivity index (χ0n) is 12.2. The van der Waals surface area contributed by atoms with E-state index in [1.54, 1.807) is 31.2 Å². The number of nitrogens with two attached hydrogens (primary N) is 1. The smallest absolute Gasteiger partial charge is 0.266 e. The van der Waals surface area contributed by atoms with Gasteiger partial charge in [0.15, 0.2) is 0 Å². The van der Waals surface area contributed by atoms with Crippen molar-refractivity contribution in [3.05, 3.63) is 58.1 Å². The number of primary amides is 1. The van der Waals surface area contributed by atoms with Crippen LogP contribution in [-0.2, 0) is 14.8 Å². The number of sulfonamides is 1. The fourth-order valence-electron chi connectivity index (χ4n) is 2.08. The van der Waals surface area contributed by atoms with Crippen LogP contribution >= 0.6 is 23.2 Å². The lowest BCUT2D eigenvalue weighted by molar-refractivity contribution is -0.116. The Labute approximate surface area is 144 Å². The number of halogens is 2. The first-order chi connectivity index (χ1) is 10.7. The van der Waals surface area contributed by atoms with Crippen LogP contribution in [0.2, 0.25) is 10.0 Å². The zero-order valence-corrected chi connectivity index (χ0v) is 14.5. The number of para-hydroxylation sites is 1. The Morgan fingerprint density at radius 2 is 1.83 bits per heavy atom. The van der Waals surface area contributed by atoms with Crippen molar-refractivity contribution in [3.8, 4) is 0 Å². The molecule has 0 fully saturated rings. The minimum atomic E-state index is -4.11. The lowest BCUT2D eigenvalue weighted by Gasteiger charge is -2.25. The van der Waals surface area contributed by atoms with Crippen LogP contribution in [-0.4, -0.2) is 20.9 Å². The monoisotopic (exact) mass is 372 g/mol. The van der Waals surface area contributed by atoms with Gasteiger partial charge in [-0.15, -0.1) is 0 Å². The Balaban J connectivity index is 2.65. The summed E-state index contributed by atoms with van der Waals surface area (Å²) in [6.07, 6.45) is 0. The van der Waals surface area contributed by atoms with Crippen molar-refractivity contribution < 1.29 is 13.2 Å². The van der Waals surface area contributed by atoms with Gasteiger partial charge >= 0.3 is 0 Å². The lowest BCUT2D eigenvalue weighted by atomic mass is 10.2. The van der Waals surface area contributed by atoms with E-state index >= 15 is 0 Å². The number of carbonyl (C=O) groups excluding carboxylic acids is 1. The third kappa shape index (κ3) is 3.77. The van der Waals surface area contributed by atoms with Crippen LogP contribution in [0.5, 0.6) is 0 Å². The van der Waals surface area contributed by atoms with E-state index in [4.69, 9.17) is 28.9 Å². The van der Waals surface area contributed by atoms with E-state index in [-0.39, 0.29) is 14.9 Å². The summed E-state index contributed by atoms with van der Waals surface area (Å²) < 4.78 is 26.9. The van der Waals surface area contributed by atoms with Gasteiger partial charge in [0.05, 0.1) is 10.7 Å². The quantitative estimate of drug-likeness (QED) is 0.875. The van der Waals surface area contributed by atoms with Gasteiger partial charge in [0.2, 0.25) is 5.91 Å². The summed E-state index contributed by atoms with van der Waals surface area (Å²) in [6.45, 7) is 1.23. The molecule has 0 aliphatic carbocycles. The summed E-state index contributed by atoms with van der Waals surface area (Å²) >= 11 is 11.9. The van der Waals surface area contributed by atoms with Crippen LogP contribution in [0.15, 0.2) is 47.4 Å². The summed E-state index contributed by atoms with van der Waals surface area (Å²) in [4.78, 5) is 11.2. The van der Waals surface area contributed by atoms with Gasteiger partial charge in [-0.1, -0.05) is 41.4 Å². The van der Waals surface area contributed by atoms with Crippen LogP contribution < -0.4 is 10.0 Å². The first kappa shape index (κ1) is 17.6. The average Bonchev–Trinajstić information content (AvgIpc) is 2.48. The van der Waals surface area contributed by atoms with Crippen LogP contribution in [0, 0.1) is 6.92 Å². The number of hydrogen-bond donors (Lipinski definition) is 1. The highest BCUT2D eigenvalue weighted by molar-refractivity contribution is 7.93. The summed E-state index contributed by atoms with van der Waals surface area (Å²) in [5, 5.41) is 0.231. The van der Waals surface area contributed by atoms with E-state index in [0.717, 1.165) is 4.31 Å². The van der Waals surface area contributed by atoms with E-state index in [9.17, 15) is 13.2 Å². The summed E-state index contributed by atoms with van der Waals surface area (Å²) in [7, 11) is -4.11. The molecule has 0 aliphatic rings. The fourth-order valence-corrected chi connectivity index (χ4v) is 4.31. The number of anilines is 1. The SMILES string of the molecule is Cc1ccccc1N(CC(N)=O)S(=O)(=O)c1cc(Cl)ccc1Cl. The minimum absolute atomic E-state index is 0.0115. The van der Waals surface area contributed by atoms with E-state index < -0.39 is 22.5 Å².